The molecular weight excluding hydrogens is 188 g/mol. The van der Waals surface area contributed by atoms with Gasteiger partial charge in [-0.15, -0.1) is 0 Å². The van der Waals surface area contributed by atoms with Crippen LogP contribution < -0.4 is 10.1 Å². The van der Waals surface area contributed by atoms with E-state index in [9.17, 15) is 0 Å². The predicted molar refractivity (Wildman–Crippen MR) is 62.0 cm³/mol. The van der Waals surface area contributed by atoms with Crippen LogP contribution in [0.25, 0.3) is 0 Å². The van der Waals surface area contributed by atoms with Gasteiger partial charge in [-0.1, -0.05) is 13.0 Å². The van der Waals surface area contributed by atoms with Gasteiger partial charge < -0.3 is 10.1 Å². The summed E-state index contributed by atoms with van der Waals surface area (Å²) < 4.78 is 5.75. The molecule has 0 atom stereocenters. The Balaban J connectivity index is 2.64. The molecule has 0 spiro atoms. The lowest BCUT2D eigenvalue weighted by Crippen LogP contribution is -2.27. The number of pyridine rings is 1. The van der Waals surface area contributed by atoms with E-state index in [0.717, 1.165) is 13.0 Å². The number of ether oxygens (including phenoxy) is 1. The van der Waals surface area contributed by atoms with E-state index in [-0.39, 0.29) is 5.60 Å². The molecule has 1 aromatic rings. The maximum atomic E-state index is 5.75. The summed E-state index contributed by atoms with van der Waals surface area (Å²) in [6, 6.07) is 3.95. The second-order valence-electron chi connectivity index (χ2n) is 4.25. The minimum atomic E-state index is -0.141. The van der Waals surface area contributed by atoms with Crippen LogP contribution >= 0.6 is 0 Å². The summed E-state index contributed by atoms with van der Waals surface area (Å²) in [5, 5.41) is 3.08. The summed E-state index contributed by atoms with van der Waals surface area (Å²) >= 11 is 0. The summed E-state index contributed by atoms with van der Waals surface area (Å²) in [5.41, 5.74) is 1.02. The van der Waals surface area contributed by atoms with E-state index in [1.807, 2.05) is 25.4 Å². The third kappa shape index (κ3) is 3.88. The molecule has 0 saturated heterocycles. The molecule has 0 amide bonds. The van der Waals surface area contributed by atoms with Gasteiger partial charge in [0.05, 0.1) is 0 Å². The standard InChI is InChI=1S/C12H20N2O/c1-5-12(2,3)15-11-7-6-10(8-13-4)9-14-11/h6-7,9,13H,5,8H2,1-4H3. The highest BCUT2D eigenvalue weighted by Gasteiger charge is 2.17. The van der Waals surface area contributed by atoms with E-state index in [1.54, 1.807) is 0 Å². The molecule has 3 heteroatoms. The van der Waals surface area contributed by atoms with Crippen LogP contribution in [0.3, 0.4) is 0 Å². The van der Waals surface area contributed by atoms with Crippen molar-refractivity contribution in [3.63, 3.8) is 0 Å². The topological polar surface area (TPSA) is 34.1 Å². The average molecular weight is 208 g/mol. The van der Waals surface area contributed by atoms with Crippen molar-refractivity contribution < 1.29 is 4.74 Å². The van der Waals surface area contributed by atoms with Crippen LogP contribution in [-0.2, 0) is 6.54 Å². The van der Waals surface area contributed by atoms with Crippen molar-refractivity contribution in [3.8, 4) is 5.88 Å². The van der Waals surface area contributed by atoms with Crippen molar-refractivity contribution in [2.45, 2.75) is 39.3 Å². The van der Waals surface area contributed by atoms with E-state index in [0.29, 0.717) is 5.88 Å². The van der Waals surface area contributed by atoms with Crippen molar-refractivity contribution in [2.75, 3.05) is 7.05 Å². The van der Waals surface area contributed by atoms with Crippen LogP contribution in [0.15, 0.2) is 18.3 Å². The van der Waals surface area contributed by atoms with Crippen molar-refractivity contribution in [3.05, 3.63) is 23.9 Å². The predicted octanol–water partition coefficient (Wildman–Crippen LogP) is 2.37. The average Bonchev–Trinajstić information content (AvgIpc) is 2.21. The Bertz CT molecular complexity index is 293. The molecule has 0 unspecified atom stereocenters. The van der Waals surface area contributed by atoms with Crippen LogP contribution in [0.2, 0.25) is 0 Å². The molecule has 0 aliphatic rings. The normalized spacial score (nSPS) is 11.5. The fourth-order valence-corrected chi connectivity index (χ4v) is 1.14. The van der Waals surface area contributed by atoms with Gasteiger partial charge in [0.2, 0.25) is 5.88 Å². The molecule has 0 fully saturated rings. The molecular formula is C12H20N2O. The summed E-state index contributed by atoms with van der Waals surface area (Å²) in [7, 11) is 1.92. The van der Waals surface area contributed by atoms with Gasteiger partial charge in [-0.25, -0.2) is 4.98 Å². The Hall–Kier alpha value is -1.09. The lowest BCUT2D eigenvalue weighted by molar-refractivity contribution is 0.0990. The number of aromatic nitrogens is 1. The third-order valence-electron chi connectivity index (χ3n) is 2.41. The van der Waals surface area contributed by atoms with Gasteiger partial charge in [-0.2, -0.15) is 0 Å². The Morgan fingerprint density at radius 2 is 2.13 bits per heavy atom. The van der Waals surface area contributed by atoms with E-state index in [1.165, 1.54) is 5.56 Å². The molecule has 1 aromatic heterocycles. The first-order chi connectivity index (χ1) is 7.07. The van der Waals surface area contributed by atoms with Gasteiger partial charge in [0.1, 0.15) is 5.60 Å². The lowest BCUT2D eigenvalue weighted by Gasteiger charge is -2.23. The molecule has 3 nitrogen and oxygen atoms in total. The van der Waals surface area contributed by atoms with Gasteiger partial charge in [0, 0.05) is 18.8 Å². The van der Waals surface area contributed by atoms with E-state index < -0.39 is 0 Å². The molecule has 0 aromatic carbocycles. The summed E-state index contributed by atoms with van der Waals surface area (Å²) in [4.78, 5) is 4.27. The molecule has 1 heterocycles. The fraction of sp³-hybridized carbons (Fsp3) is 0.583. The zero-order valence-corrected chi connectivity index (χ0v) is 10.0. The van der Waals surface area contributed by atoms with Crippen LogP contribution in [0.4, 0.5) is 0 Å². The summed E-state index contributed by atoms with van der Waals surface area (Å²) in [5.74, 6) is 0.696. The monoisotopic (exact) mass is 208 g/mol. The molecule has 1 N–H and O–H groups in total. The maximum absolute atomic E-state index is 5.75. The van der Waals surface area contributed by atoms with Gasteiger partial charge >= 0.3 is 0 Å². The first kappa shape index (κ1) is 12.0. The van der Waals surface area contributed by atoms with E-state index in [4.69, 9.17) is 4.74 Å². The highest BCUT2D eigenvalue weighted by atomic mass is 16.5. The largest absolute Gasteiger partial charge is 0.472 e. The third-order valence-corrected chi connectivity index (χ3v) is 2.41. The number of nitrogens with zero attached hydrogens (tertiary/aromatic N) is 1. The lowest BCUT2D eigenvalue weighted by atomic mass is 10.1. The highest BCUT2D eigenvalue weighted by molar-refractivity contribution is 5.18. The zero-order chi connectivity index (χ0) is 11.3. The Morgan fingerprint density at radius 3 is 2.60 bits per heavy atom. The molecule has 0 aliphatic heterocycles. The van der Waals surface area contributed by atoms with Gasteiger partial charge in [-0.05, 0) is 32.9 Å². The smallest absolute Gasteiger partial charge is 0.213 e. The quantitative estimate of drug-likeness (QED) is 0.806. The number of rotatable bonds is 5. The molecule has 15 heavy (non-hydrogen) atoms. The Labute approximate surface area is 91.9 Å². The van der Waals surface area contributed by atoms with Gasteiger partial charge in [0.25, 0.3) is 0 Å². The Morgan fingerprint density at radius 1 is 1.40 bits per heavy atom. The minimum absolute atomic E-state index is 0.141. The fourth-order valence-electron chi connectivity index (χ4n) is 1.14. The van der Waals surface area contributed by atoms with Crippen LogP contribution in [0.5, 0.6) is 5.88 Å². The molecule has 84 valence electrons. The molecule has 0 aliphatic carbocycles. The van der Waals surface area contributed by atoms with Crippen molar-refractivity contribution in [1.82, 2.24) is 10.3 Å². The molecule has 0 saturated carbocycles. The number of nitrogens with one attached hydrogen (secondary N) is 1. The van der Waals surface area contributed by atoms with Crippen molar-refractivity contribution in [1.29, 1.82) is 0 Å². The minimum Gasteiger partial charge on any atom is -0.472 e. The van der Waals surface area contributed by atoms with Crippen molar-refractivity contribution in [2.24, 2.45) is 0 Å². The molecule has 0 radical (unpaired) electrons. The second-order valence-corrected chi connectivity index (χ2v) is 4.25. The van der Waals surface area contributed by atoms with E-state index >= 15 is 0 Å². The van der Waals surface area contributed by atoms with Crippen LogP contribution in [-0.4, -0.2) is 17.6 Å². The summed E-state index contributed by atoms with van der Waals surface area (Å²) in [6.45, 7) is 7.08. The van der Waals surface area contributed by atoms with Crippen LogP contribution in [0, 0.1) is 0 Å². The first-order valence-corrected chi connectivity index (χ1v) is 5.36. The van der Waals surface area contributed by atoms with Crippen LogP contribution in [0.1, 0.15) is 32.8 Å². The number of hydrogen-bond acceptors (Lipinski definition) is 3. The Kier molecular flexibility index (Phi) is 4.09. The first-order valence-electron chi connectivity index (χ1n) is 5.36. The number of hydrogen-bond donors (Lipinski definition) is 1. The van der Waals surface area contributed by atoms with Gasteiger partial charge in [-0.3, -0.25) is 0 Å². The SMILES string of the molecule is CCC(C)(C)Oc1ccc(CNC)cn1. The molecule has 0 bridgehead atoms. The van der Waals surface area contributed by atoms with Gasteiger partial charge in [0.15, 0.2) is 0 Å². The maximum Gasteiger partial charge on any atom is 0.213 e. The molecule has 1 rings (SSSR count). The van der Waals surface area contributed by atoms with E-state index in [2.05, 4.69) is 31.1 Å². The summed E-state index contributed by atoms with van der Waals surface area (Å²) in [6.07, 6.45) is 2.81. The van der Waals surface area contributed by atoms with Crippen molar-refractivity contribution >= 4 is 0 Å². The highest BCUT2D eigenvalue weighted by Crippen LogP contribution is 2.18. The second kappa shape index (κ2) is 5.12. The zero-order valence-electron chi connectivity index (χ0n) is 10.0.